The summed E-state index contributed by atoms with van der Waals surface area (Å²) in [7, 11) is -3.42. The summed E-state index contributed by atoms with van der Waals surface area (Å²) < 4.78 is 24.5. The number of aryl methyl sites for hydroxylation is 1. The van der Waals surface area contributed by atoms with E-state index < -0.39 is 10.0 Å². The van der Waals surface area contributed by atoms with E-state index in [1.807, 2.05) is 18.2 Å². The molecular formula is C12H13N5O2S2. The van der Waals surface area contributed by atoms with Gasteiger partial charge in [0.05, 0.1) is 39.1 Å². The molecule has 2 aromatic heterocycles. The lowest BCUT2D eigenvalue weighted by molar-refractivity contribution is 0.594. The maximum Gasteiger partial charge on any atom is 0.209 e. The van der Waals surface area contributed by atoms with Gasteiger partial charge in [0.1, 0.15) is 0 Å². The fraction of sp³-hybridized carbons (Fsp3) is 0.250. The molecule has 0 saturated carbocycles. The lowest BCUT2D eigenvalue weighted by Crippen LogP contribution is -2.16. The first-order chi connectivity index (χ1) is 10.0. The van der Waals surface area contributed by atoms with Gasteiger partial charge in [0.2, 0.25) is 10.0 Å². The molecule has 0 aliphatic rings. The fourth-order valence-electron chi connectivity index (χ4n) is 1.98. The van der Waals surface area contributed by atoms with Crippen molar-refractivity contribution in [1.29, 1.82) is 0 Å². The second-order valence-electron chi connectivity index (χ2n) is 4.63. The van der Waals surface area contributed by atoms with Gasteiger partial charge in [-0.3, -0.25) is 0 Å². The Morgan fingerprint density at radius 2 is 2.19 bits per heavy atom. The van der Waals surface area contributed by atoms with Crippen LogP contribution in [0.1, 0.15) is 12.1 Å². The van der Waals surface area contributed by atoms with Crippen LogP contribution in [-0.2, 0) is 16.4 Å². The van der Waals surface area contributed by atoms with E-state index in [-0.39, 0.29) is 5.75 Å². The third-order valence-electron chi connectivity index (χ3n) is 2.98. The van der Waals surface area contributed by atoms with E-state index in [0.29, 0.717) is 12.8 Å². The van der Waals surface area contributed by atoms with Crippen LogP contribution >= 0.6 is 11.3 Å². The molecule has 2 N–H and O–H groups in total. The molecule has 0 bridgehead atoms. The highest BCUT2D eigenvalue weighted by Gasteiger charge is 2.07. The lowest BCUT2D eigenvalue weighted by atomic mass is 10.2. The summed E-state index contributed by atoms with van der Waals surface area (Å²) in [5.41, 5.74) is 4.39. The van der Waals surface area contributed by atoms with Crippen molar-refractivity contribution in [2.45, 2.75) is 12.8 Å². The largest absolute Gasteiger partial charge is 0.245 e. The fourth-order valence-corrected chi connectivity index (χ4v) is 3.24. The van der Waals surface area contributed by atoms with Gasteiger partial charge in [-0.15, -0.1) is 16.4 Å². The first-order valence-corrected chi connectivity index (χ1v) is 8.86. The van der Waals surface area contributed by atoms with Crippen molar-refractivity contribution in [3.05, 3.63) is 35.6 Å². The smallest absolute Gasteiger partial charge is 0.209 e. The second kappa shape index (κ2) is 5.51. The number of sulfonamides is 1. The van der Waals surface area contributed by atoms with Crippen LogP contribution in [0.4, 0.5) is 0 Å². The number of primary sulfonamides is 1. The van der Waals surface area contributed by atoms with Crippen molar-refractivity contribution in [2.24, 2.45) is 5.14 Å². The number of fused-ring (bicyclic) bond motifs is 1. The van der Waals surface area contributed by atoms with Gasteiger partial charge in [-0.2, -0.15) is 0 Å². The van der Waals surface area contributed by atoms with Crippen molar-refractivity contribution in [2.75, 3.05) is 5.75 Å². The van der Waals surface area contributed by atoms with Gasteiger partial charge >= 0.3 is 0 Å². The predicted octanol–water partition coefficient (Wildman–Crippen LogP) is 1.10. The van der Waals surface area contributed by atoms with Crippen LogP contribution in [0.2, 0.25) is 0 Å². The number of rotatable bonds is 5. The molecule has 21 heavy (non-hydrogen) atoms. The van der Waals surface area contributed by atoms with Gasteiger partial charge in [0, 0.05) is 0 Å². The van der Waals surface area contributed by atoms with E-state index in [9.17, 15) is 8.42 Å². The second-order valence-corrected chi connectivity index (χ2v) is 7.25. The van der Waals surface area contributed by atoms with Crippen molar-refractivity contribution in [3.63, 3.8) is 0 Å². The molecular weight excluding hydrogens is 310 g/mol. The Balaban J connectivity index is 1.74. The number of aromatic nitrogens is 4. The van der Waals surface area contributed by atoms with E-state index in [2.05, 4.69) is 15.3 Å². The van der Waals surface area contributed by atoms with Gasteiger partial charge in [-0.1, -0.05) is 5.21 Å². The molecule has 110 valence electrons. The van der Waals surface area contributed by atoms with E-state index >= 15 is 0 Å². The van der Waals surface area contributed by atoms with Gasteiger partial charge in [-0.05, 0) is 31.0 Å². The SMILES string of the molecule is NS(=O)(=O)CCCc1cn(-c2ccc3ncsc3c2)nn1. The van der Waals surface area contributed by atoms with Crippen LogP contribution in [-0.4, -0.2) is 34.1 Å². The van der Waals surface area contributed by atoms with Gasteiger partial charge in [0.15, 0.2) is 0 Å². The zero-order valence-electron chi connectivity index (χ0n) is 11.0. The number of nitrogens with zero attached hydrogens (tertiary/aromatic N) is 4. The maximum absolute atomic E-state index is 10.9. The average molecular weight is 323 g/mol. The van der Waals surface area contributed by atoms with Crippen molar-refractivity contribution in [1.82, 2.24) is 20.0 Å². The van der Waals surface area contributed by atoms with Crippen LogP contribution in [0.15, 0.2) is 29.9 Å². The van der Waals surface area contributed by atoms with Crippen LogP contribution in [0.5, 0.6) is 0 Å². The topological polar surface area (TPSA) is 104 Å². The summed E-state index contributed by atoms with van der Waals surface area (Å²) in [5, 5.41) is 13.1. The lowest BCUT2D eigenvalue weighted by Gasteiger charge is -1.99. The Labute approximate surface area is 125 Å². The highest BCUT2D eigenvalue weighted by Crippen LogP contribution is 2.20. The minimum Gasteiger partial charge on any atom is -0.245 e. The number of benzene rings is 1. The Morgan fingerprint density at radius 3 is 3.00 bits per heavy atom. The molecule has 0 amide bonds. The van der Waals surface area contributed by atoms with Crippen molar-refractivity contribution < 1.29 is 8.42 Å². The molecule has 0 unspecified atom stereocenters. The molecule has 0 aliphatic heterocycles. The summed E-state index contributed by atoms with van der Waals surface area (Å²) in [6.07, 6.45) is 2.76. The van der Waals surface area contributed by atoms with E-state index in [1.165, 1.54) is 0 Å². The zero-order valence-corrected chi connectivity index (χ0v) is 12.6. The number of thiazole rings is 1. The third-order valence-corrected chi connectivity index (χ3v) is 4.63. The molecule has 2 heterocycles. The summed E-state index contributed by atoms with van der Waals surface area (Å²) >= 11 is 1.57. The normalized spacial score (nSPS) is 12.0. The molecule has 0 radical (unpaired) electrons. The van der Waals surface area contributed by atoms with Crippen molar-refractivity contribution in [3.8, 4) is 5.69 Å². The minimum absolute atomic E-state index is 0.0489. The number of nitrogens with two attached hydrogens (primary N) is 1. The maximum atomic E-state index is 10.9. The Hall–Kier alpha value is -1.84. The highest BCUT2D eigenvalue weighted by atomic mass is 32.2. The standard InChI is InChI=1S/C12H13N5O2S2/c13-21(18,19)5-1-2-9-7-17(16-15-9)10-3-4-11-12(6-10)20-8-14-11/h3-4,6-8H,1-2,5H2,(H2,13,18,19). The Bertz CT molecular complexity index is 869. The molecule has 0 atom stereocenters. The minimum atomic E-state index is -3.42. The summed E-state index contributed by atoms with van der Waals surface area (Å²) in [4.78, 5) is 4.23. The molecule has 0 saturated heterocycles. The quantitative estimate of drug-likeness (QED) is 0.757. The molecule has 9 heteroatoms. The Morgan fingerprint density at radius 1 is 1.33 bits per heavy atom. The Kier molecular flexibility index (Phi) is 3.70. The average Bonchev–Trinajstić information content (AvgIpc) is 3.04. The monoisotopic (exact) mass is 323 g/mol. The first-order valence-electron chi connectivity index (χ1n) is 6.27. The van der Waals surface area contributed by atoms with Gasteiger partial charge in [0.25, 0.3) is 0 Å². The van der Waals surface area contributed by atoms with Gasteiger partial charge in [-0.25, -0.2) is 23.2 Å². The molecule has 1 aromatic carbocycles. The zero-order chi connectivity index (χ0) is 14.9. The van der Waals surface area contributed by atoms with Crippen LogP contribution < -0.4 is 5.14 Å². The molecule has 0 spiro atoms. The molecule has 0 fully saturated rings. The molecule has 3 rings (SSSR count). The molecule has 0 aliphatic carbocycles. The van der Waals surface area contributed by atoms with E-state index in [1.54, 1.807) is 27.7 Å². The summed E-state index contributed by atoms with van der Waals surface area (Å²) in [5.74, 6) is -0.0489. The number of hydrogen-bond acceptors (Lipinski definition) is 6. The highest BCUT2D eigenvalue weighted by molar-refractivity contribution is 7.89. The molecule has 7 nitrogen and oxygen atoms in total. The summed E-state index contributed by atoms with van der Waals surface area (Å²) in [6.45, 7) is 0. The van der Waals surface area contributed by atoms with Crippen LogP contribution in [0, 0.1) is 0 Å². The number of hydrogen-bond donors (Lipinski definition) is 1. The summed E-state index contributed by atoms with van der Waals surface area (Å²) in [6, 6.07) is 5.85. The van der Waals surface area contributed by atoms with Crippen LogP contribution in [0.3, 0.4) is 0 Å². The van der Waals surface area contributed by atoms with Crippen molar-refractivity contribution >= 4 is 31.6 Å². The van der Waals surface area contributed by atoms with E-state index in [4.69, 9.17) is 5.14 Å². The molecule has 3 aromatic rings. The first kappa shape index (κ1) is 14.1. The third kappa shape index (κ3) is 3.43. The predicted molar refractivity (Wildman–Crippen MR) is 80.8 cm³/mol. The van der Waals surface area contributed by atoms with E-state index in [0.717, 1.165) is 21.6 Å². The van der Waals surface area contributed by atoms with Crippen LogP contribution in [0.25, 0.3) is 15.9 Å². The van der Waals surface area contributed by atoms with Gasteiger partial charge < -0.3 is 0 Å².